The van der Waals surface area contributed by atoms with Gasteiger partial charge >= 0.3 is 437 Å². The van der Waals surface area contributed by atoms with Crippen LogP contribution in [-0.4, -0.2) is 37.3 Å². The Labute approximate surface area is 435 Å². The van der Waals surface area contributed by atoms with Crippen molar-refractivity contribution >= 4 is 24.1 Å². The summed E-state index contributed by atoms with van der Waals surface area (Å²) in [6.45, 7) is 2.81. The molecule has 6 aromatic rings. The third kappa shape index (κ3) is 14.8. The van der Waals surface area contributed by atoms with Crippen LogP contribution in [0.5, 0.6) is 34.5 Å². The van der Waals surface area contributed by atoms with Crippen molar-refractivity contribution in [2.75, 3.05) is 32.7 Å². The van der Waals surface area contributed by atoms with E-state index in [0.717, 1.165) is 92.0 Å². The summed E-state index contributed by atoms with van der Waals surface area (Å²) >= 11 is 0. The van der Waals surface area contributed by atoms with E-state index >= 15 is 0 Å². The molecule has 0 saturated heterocycles. The molecule has 73 heavy (non-hydrogen) atoms. The molecule has 0 aromatic heterocycles. The van der Waals surface area contributed by atoms with Crippen molar-refractivity contribution < 1.29 is 27.5 Å². The predicted molar refractivity (Wildman–Crippen MR) is 302 cm³/mol. The molecule has 1 aliphatic heterocycles. The molecule has 17 heteroatoms. The van der Waals surface area contributed by atoms with Gasteiger partial charge in [0, 0.05) is 0 Å². The van der Waals surface area contributed by atoms with Crippen LogP contribution >= 0.6 is 24.1 Å². The van der Waals surface area contributed by atoms with Gasteiger partial charge < -0.3 is 0 Å². The number of unbranched alkanes of at least 4 members (excludes halogenated alkanes) is 5. The second-order valence-electron chi connectivity index (χ2n) is 18.0. The van der Waals surface area contributed by atoms with Crippen LogP contribution in [0.15, 0.2) is 156 Å². The van der Waals surface area contributed by atoms with E-state index in [1.165, 1.54) is 0 Å². The van der Waals surface area contributed by atoms with Crippen LogP contribution in [0.1, 0.15) is 92.0 Å². The van der Waals surface area contributed by atoms with Crippen molar-refractivity contribution in [3.63, 3.8) is 0 Å². The molecule has 0 spiro atoms. The fourth-order valence-electron chi connectivity index (χ4n) is 8.57. The first-order valence-corrected chi connectivity index (χ1v) is 30.4. The van der Waals surface area contributed by atoms with Gasteiger partial charge in [-0.15, -0.1) is 0 Å². The summed E-state index contributed by atoms with van der Waals surface area (Å²) in [6.07, 6.45) is 11.7. The normalized spacial score (nSPS) is 15.6. The first-order chi connectivity index (χ1) is 35.9. The third-order valence-electron chi connectivity index (χ3n) is 12.4. The van der Waals surface area contributed by atoms with E-state index in [2.05, 4.69) is 35.2 Å². The van der Waals surface area contributed by atoms with E-state index in [9.17, 15) is 0 Å². The monoisotopic (exact) mass is 1050 g/mol. The van der Waals surface area contributed by atoms with Gasteiger partial charge in [0.2, 0.25) is 0 Å². The standard InChI is InChI=1S/C56H77N8O6P3/c57-41-19-14-29-46-24-4-9-36-52(46)66-72(67-53-37-10-5-25-47(53)30-15-20-42-58)62-71-63-73(64(72)65-51-34-2-1-3-35-51,68-54-38-11-6-26-48(54)31-16-21-43-59,69-55-39-12-7-27-49(55)32-17-22-44-60)70-56-40-13-8-28-50(56)33-18-23-45-61/h1-13,24-28,34-40,63,71H,14-23,29-33,41-45,57-61H2. The number of nitrogens with one attached hydrogen (secondary N) is 1. The molecule has 1 unspecified atom stereocenters. The van der Waals surface area contributed by atoms with Crippen LogP contribution in [0.2, 0.25) is 0 Å². The Kier molecular flexibility index (Phi) is 21.8. The fourth-order valence-corrected chi connectivity index (χ4v) is 18.1. The Bertz CT molecular complexity index is 2470. The zero-order valence-corrected chi connectivity index (χ0v) is 45.0. The summed E-state index contributed by atoms with van der Waals surface area (Å²) in [4.78, 5) is 11.3. The molecule has 0 fully saturated rings. The van der Waals surface area contributed by atoms with E-state index in [1.807, 2.05) is 121 Å². The average molecular weight is 1050 g/mol. The predicted octanol–water partition coefficient (Wildman–Crippen LogP) is 12.3. The zero-order chi connectivity index (χ0) is 51.1. The minimum atomic E-state index is -5.64. The first kappa shape index (κ1) is 55.7. The third-order valence-corrected chi connectivity index (χ3v) is 21.0. The maximum absolute atomic E-state index is 7.99. The van der Waals surface area contributed by atoms with E-state index in [4.69, 9.17) is 60.6 Å². The van der Waals surface area contributed by atoms with Crippen LogP contribution in [0.25, 0.3) is 0 Å². The molecular formula is C56H77N8O6P3. The fraction of sp³-hybridized carbons (Fsp3) is 0.357. The Morgan fingerprint density at radius 1 is 0.397 bits per heavy atom. The molecule has 6 aromatic carbocycles. The van der Waals surface area contributed by atoms with Crippen LogP contribution in [0.4, 0.5) is 0 Å². The molecule has 0 saturated carbocycles. The Morgan fingerprint density at radius 3 is 1.04 bits per heavy atom. The van der Waals surface area contributed by atoms with E-state index in [0.29, 0.717) is 99.3 Å². The van der Waals surface area contributed by atoms with Crippen LogP contribution in [-0.2, 0) is 32.1 Å². The number of para-hydroxylation sites is 6. The van der Waals surface area contributed by atoms with E-state index < -0.39 is 24.1 Å². The first-order valence-electron chi connectivity index (χ1n) is 26.0. The molecule has 0 amide bonds. The van der Waals surface area contributed by atoms with Crippen molar-refractivity contribution in [3.05, 3.63) is 179 Å². The van der Waals surface area contributed by atoms with Crippen molar-refractivity contribution in [1.29, 1.82) is 0 Å². The number of aryl methyl sites for hydroxylation is 5. The molecule has 14 nitrogen and oxygen atoms in total. The summed E-state index contributed by atoms with van der Waals surface area (Å²) in [6, 6.07) is 49.6. The topological polar surface area (TPSA) is 213 Å². The number of benzene rings is 6. The Morgan fingerprint density at radius 2 is 0.699 bits per heavy atom. The van der Waals surface area contributed by atoms with Gasteiger partial charge in [-0.05, 0) is 0 Å². The molecule has 7 rings (SSSR count). The number of hydrogen-bond acceptors (Lipinski definition) is 14. The second-order valence-corrected chi connectivity index (χ2v) is 24.6. The molecular weight excluding hydrogens is 974 g/mol. The molecule has 0 radical (unpaired) electrons. The quantitative estimate of drug-likeness (QED) is 0.0172. The number of nitrogens with zero attached hydrogens (tertiary/aromatic N) is 2. The minimum absolute atomic E-state index is 0.433. The average Bonchev–Trinajstić information content (AvgIpc) is 3.41. The summed E-state index contributed by atoms with van der Waals surface area (Å²) in [5.41, 5.74) is 35.1. The van der Waals surface area contributed by atoms with Gasteiger partial charge in [0.1, 0.15) is 0 Å². The molecule has 1 atom stereocenters. The second kappa shape index (κ2) is 28.6. The van der Waals surface area contributed by atoms with Gasteiger partial charge in [-0.25, -0.2) is 0 Å². The summed E-state index contributed by atoms with van der Waals surface area (Å²) < 4.78 is 46.5. The molecule has 0 aliphatic carbocycles. The molecule has 1 aliphatic rings. The summed E-state index contributed by atoms with van der Waals surface area (Å²) in [5, 5.41) is 0. The SMILES string of the molecule is NCCCCc1ccccc1OP1(Oc2ccccc2CCCCN)=NPNP(Oc2ccccc2CCCCN)(Oc2ccccc2CCCCN)(Oc2ccccc2CCCCN)N1Oc1ccccc1. The number of hydrogen-bond donors (Lipinski definition) is 6. The van der Waals surface area contributed by atoms with Crippen molar-refractivity contribution in [2.45, 2.75) is 96.3 Å². The van der Waals surface area contributed by atoms with Crippen LogP contribution in [0, 0.1) is 0 Å². The van der Waals surface area contributed by atoms with E-state index in [1.54, 1.807) is 4.60 Å². The van der Waals surface area contributed by atoms with Crippen molar-refractivity contribution in [2.24, 2.45) is 33.2 Å². The Balaban J connectivity index is 1.61. The van der Waals surface area contributed by atoms with Crippen molar-refractivity contribution in [3.8, 4) is 34.5 Å². The van der Waals surface area contributed by atoms with Gasteiger partial charge in [-0.3, -0.25) is 0 Å². The maximum atomic E-state index is 7.99. The number of rotatable bonds is 32. The Hall–Kier alpha value is -5.07. The van der Waals surface area contributed by atoms with Gasteiger partial charge in [0.25, 0.3) is 0 Å². The molecule has 392 valence electrons. The van der Waals surface area contributed by atoms with Crippen molar-refractivity contribution in [1.82, 2.24) is 9.46 Å². The molecule has 11 N–H and O–H groups in total. The summed E-state index contributed by atoms with van der Waals surface area (Å²) in [7, 11) is -10.3. The van der Waals surface area contributed by atoms with Gasteiger partial charge in [0.15, 0.2) is 0 Å². The zero-order valence-electron chi connectivity index (χ0n) is 42.2. The summed E-state index contributed by atoms with van der Waals surface area (Å²) in [5.74, 6) is 3.11. The molecule has 0 bridgehead atoms. The van der Waals surface area contributed by atoms with E-state index in [-0.39, 0.29) is 0 Å². The molecule has 1 heterocycles. The number of nitrogens with two attached hydrogens (primary N) is 5. The van der Waals surface area contributed by atoms with Crippen LogP contribution < -0.4 is 61.0 Å². The van der Waals surface area contributed by atoms with Gasteiger partial charge in [-0.2, -0.15) is 0 Å². The van der Waals surface area contributed by atoms with Crippen LogP contribution in [0.3, 0.4) is 0 Å². The van der Waals surface area contributed by atoms with Gasteiger partial charge in [0.05, 0.1) is 0 Å². The van der Waals surface area contributed by atoms with Gasteiger partial charge in [-0.1, -0.05) is 0 Å².